The zero-order valence-corrected chi connectivity index (χ0v) is 3.83. The van der Waals surface area contributed by atoms with Gasteiger partial charge < -0.3 is 4.74 Å². The molecule has 0 aliphatic rings. The topological polar surface area (TPSA) is 26.3 Å². The van der Waals surface area contributed by atoms with Gasteiger partial charge in [-0.15, -0.1) is 0 Å². The quantitative estimate of drug-likeness (QED) is 0.373. The fourth-order valence-corrected chi connectivity index (χ4v) is 0.136. The SMILES string of the molecule is O=[C]OCC=S. The summed E-state index contributed by atoms with van der Waals surface area (Å²) in [5.41, 5.74) is 0. The maximum Gasteiger partial charge on any atom is 0.417 e. The third-order valence-electron chi connectivity index (χ3n) is 0.210. The van der Waals surface area contributed by atoms with E-state index in [1.54, 1.807) is 0 Å². The van der Waals surface area contributed by atoms with E-state index in [2.05, 4.69) is 17.0 Å². The van der Waals surface area contributed by atoms with E-state index in [1.807, 2.05) is 0 Å². The first-order valence-corrected chi connectivity index (χ1v) is 1.81. The van der Waals surface area contributed by atoms with Crippen LogP contribution in [0.15, 0.2) is 0 Å². The van der Waals surface area contributed by atoms with E-state index < -0.39 is 0 Å². The lowest BCUT2D eigenvalue weighted by Gasteiger charge is -1.79. The van der Waals surface area contributed by atoms with Crippen LogP contribution in [-0.2, 0) is 9.53 Å². The Bertz CT molecular complexity index is 44.8. The maximum atomic E-state index is 9.15. The Kier molecular flexibility index (Phi) is 4.23. The van der Waals surface area contributed by atoms with Gasteiger partial charge in [0.15, 0.2) is 0 Å². The molecule has 3 heteroatoms. The van der Waals surface area contributed by atoms with Gasteiger partial charge in [0.2, 0.25) is 0 Å². The molecule has 0 heterocycles. The van der Waals surface area contributed by atoms with Crippen molar-refractivity contribution in [2.24, 2.45) is 0 Å². The lowest BCUT2D eigenvalue weighted by molar-refractivity contribution is 0.328. The molecule has 2 nitrogen and oxygen atoms in total. The van der Waals surface area contributed by atoms with Gasteiger partial charge in [-0.1, -0.05) is 12.2 Å². The van der Waals surface area contributed by atoms with Crippen molar-refractivity contribution in [2.75, 3.05) is 6.61 Å². The van der Waals surface area contributed by atoms with Gasteiger partial charge in [-0.3, -0.25) is 0 Å². The highest BCUT2D eigenvalue weighted by molar-refractivity contribution is 7.79. The molecule has 0 bridgehead atoms. The minimum atomic E-state index is 0.179. The average Bonchev–Trinajstić information content (AvgIpc) is 1.61. The molecule has 6 heavy (non-hydrogen) atoms. The van der Waals surface area contributed by atoms with E-state index in [0.29, 0.717) is 0 Å². The molecule has 33 valence electrons. The zero-order chi connectivity index (χ0) is 4.83. The molecule has 0 rings (SSSR count). The van der Waals surface area contributed by atoms with Crippen LogP contribution in [0.4, 0.5) is 0 Å². The second-order valence-electron chi connectivity index (χ2n) is 0.561. The third kappa shape index (κ3) is 3.56. The third-order valence-corrected chi connectivity index (χ3v) is 0.346. The smallest absolute Gasteiger partial charge is 0.417 e. The fraction of sp³-hybridized carbons (Fsp3) is 0.333. The maximum absolute atomic E-state index is 9.15. The van der Waals surface area contributed by atoms with Gasteiger partial charge in [0.1, 0.15) is 6.61 Å². The summed E-state index contributed by atoms with van der Waals surface area (Å²) in [5, 5.41) is 1.31. The van der Waals surface area contributed by atoms with Crippen LogP contribution in [0.1, 0.15) is 0 Å². The predicted molar refractivity (Wildman–Crippen MR) is 25.3 cm³/mol. The molecule has 0 aliphatic heterocycles. The molecule has 0 aliphatic carbocycles. The van der Waals surface area contributed by atoms with Crippen molar-refractivity contribution in [3.63, 3.8) is 0 Å². The van der Waals surface area contributed by atoms with Crippen LogP contribution in [0.25, 0.3) is 0 Å². The Hall–Kier alpha value is -0.440. The molecule has 0 unspecified atom stereocenters. The molecule has 0 saturated heterocycles. The van der Waals surface area contributed by atoms with Crippen molar-refractivity contribution < 1.29 is 9.53 Å². The van der Waals surface area contributed by atoms with Crippen LogP contribution >= 0.6 is 12.2 Å². The molecule has 0 N–H and O–H groups in total. The van der Waals surface area contributed by atoms with E-state index in [1.165, 1.54) is 11.8 Å². The van der Waals surface area contributed by atoms with Crippen molar-refractivity contribution in [1.29, 1.82) is 0 Å². The van der Waals surface area contributed by atoms with Gasteiger partial charge >= 0.3 is 6.47 Å². The first kappa shape index (κ1) is 5.56. The predicted octanol–water partition coefficient (Wildman–Crippen LogP) is 0.0699. The molecule has 1 radical (unpaired) electrons. The highest BCUT2D eigenvalue weighted by atomic mass is 32.1. The highest BCUT2D eigenvalue weighted by Crippen LogP contribution is 1.57. The van der Waals surface area contributed by atoms with Crippen LogP contribution in [0.3, 0.4) is 0 Å². The standard InChI is InChI=1S/C3H3O2S/c4-3-5-1-2-6/h2H,1H2. The minimum Gasteiger partial charge on any atom is -0.452 e. The monoisotopic (exact) mass is 103 g/mol. The summed E-state index contributed by atoms with van der Waals surface area (Å²) in [6, 6.07) is 0. The summed E-state index contributed by atoms with van der Waals surface area (Å²) < 4.78 is 4.02. The summed E-state index contributed by atoms with van der Waals surface area (Å²) in [6.45, 7) is 1.40. The number of rotatable bonds is 3. The van der Waals surface area contributed by atoms with Crippen LogP contribution < -0.4 is 0 Å². The van der Waals surface area contributed by atoms with Crippen molar-refractivity contribution in [2.45, 2.75) is 0 Å². The summed E-state index contributed by atoms with van der Waals surface area (Å²) >= 11 is 4.29. The molecule has 0 amide bonds. The normalized spacial score (nSPS) is 6.67. The molecular formula is C3H3O2S. The highest BCUT2D eigenvalue weighted by Gasteiger charge is 1.70. The van der Waals surface area contributed by atoms with Gasteiger partial charge in [0, 0.05) is 5.37 Å². The summed E-state index contributed by atoms with van der Waals surface area (Å²) in [7, 11) is 0. The molecule has 0 saturated carbocycles. The molecule has 0 spiro atoms. The van der Waals surface area contributed by atoms with E-state index in [4.69, 9.17) is 4.79 Å². The number of hydrogen-bond donors (Lipinski definition) is 0. The lowest BCUT2D eigenvalue weighted by Crippen LogP contribution is -1.87. The molecular weight excluding hydrogens is 100 g/mol. The second kappa shape index (κ2) is 4.56. The second-order valence-corrected chi connectivity index (χ2v) is 0.894. The van der Waals surface area contributed by atoms with E-state index in [-0.39, 0.29) is 6.61 Å². The molecule has 0 atom stereocenters. The summed E-state index contributed by atoms with van der Waals surface area (Å²) in [4.78, 5) is 9.15. The molecule has 0 aromatic rings. The van der Waals surface area contributed by atoms with Crippen molar-refractivity contribution in [3.05, 3.63) is 0 Å². The molecule has 0 aromatic heterocycles. The van der Waals surface area contributed by atoms with E-state index in [0.717, 1.165) is 0 Å². The van der Waals surface area contributed by atoms with Gasteiger partial charge in [0.05, 0.1) is 0 Å². The van der Waals surface area contributed by atoms with Crippen molar-refractivity contribution >= 4 is 24.1 Å². The number of carbonyl (C=O) groups excluding carboxylic acids is 1. The van der Waals surface area contributed by atoms with Crippen molar-refractivity contribution in [3.8, 4) is 0 Å². The first-order valence-electron chi connectivity index (χ1n) is 1.34. The van der Waals surface area contributed by atoms with Gasteiger partial charge in [0.25, 0.3) is 0 Å². The number of thiocarbonyl (C=S) groups is 1. The van der Waals surface area contributed by atoms with Crippen LogP contribution in [0.5, 0.6) is 0 Å². The van der Waals surface area contributed by atoms with Crippen LogP contribution in [0.2, 0.25) is 0 Å². The molecule has 0 fully saturated rings. The minimum absolute atomic E-state index is 0.179. The van der Waals surface area contributed by atoms with Gasteiger partial charge in [-0.05, 0) is 0 Å². The Balaban J connectivity index is 2.66. The van der Waals surface area contributed by atoms with Crippen LogP contribution in [0, 0.1) is 0 Å². The van der Waals surface area contributed by atoms with Gasteiger partial charge in [-0.2, -0.15) is 0 Å². The fourth-order valence-electron chi connectivity index (χ4n) is 0.0680. The lowest BCUT2D eigenvalue weighted by atomic mass is 10.9. The van der Waals surface area contributed by atoms with Crippen molar-refractivity contribution in [1.82, 2.24) is 0 Å². The number of ether oxygens (including phenoxy) is 1. The van der Waals surface area contributed by atoms with E-state index in [9.17, 15) is 0 Å². The molecule has 0 aromatic carbocycles. The number of hydrogen-bond acceptors (Lipinski definition) is 3. The van der Waals surface area contributed by atoms with Crippen LogP contribution in [-0.4, -0.2) is 18.4 Å². The zero-order valence-electron chi connectivity index (χ0n) is 3.01. The Morgan fingerprint density at radius 3 is 2.83 bits per heavy atom. The summed E-state index contributed by atoms with van der Waals surface area (Å²) in [6.07, 6.45) is 0. The summed E-state index contributed by atoms with van der Waals surface area (Å²) in [5.74, 6) is 0. The van der Waals surface area contributed by atoms with Gasteiger partial charge in [-0.25, -0.2) is 4.79 Å². The largest absolute Gasteiger partial charge is 0.452 e. The Morgan fingerprint density at radius 2 is 2.67 bits per heavy atom. The first-order chi connectivity index (χ1) is 2.91. The average molecular weight is 103 g/mol. The van der Waals surface area contributed by atoms with E-state index >= 15 is 0 Å². The Labute approximate surface area is 41.1 Å². The Morgan fingerprint density at radius 1 is 2.00 bits per heavy atom.